The summed E-state index contributed by atoms with van der Waals surface area (Å²) in [6.45, 7) is 7.23. The van der Waals surface area contributed by atoms with Gasteiger partial charge >= 0.3 is 6.03 Å². The van der Waals surface area contributed by atoms with Crippen LogP contribution >= 0.6 is 0 Å². The zero-order valence-electron chi connectivity index (χ0n) is 8.58. The Labute approximate surface area is 79.4 Å². The van der Waals surface area contributed by atoms with Gasteiger partial charge in [-0.15, -0.1) is 0 Å². The van der Waals surface area contributed by atoms with E-state index in [1.807, 2.05) is 4.90 Å². The predicted octanol–water partition coefficient (Wildman–Crippen LogP) is 0.936. The van der Waals surface area contributed by atoms with Crippen molar-refractivity contribution in [2.45, 2.75) is 33.2 Å². The normalized spacial score (nSPS) is 34.5. The van der Waals surface area contributed by atoms with Crippen LogP contribution in [0.4, 0.5) is 4.79 Å². The molecule has 1 aliphatic rings. The summed E-state index contributed by atoms with van der Waals surface area (Å²) in [5.74, 6) is 6.24. The number of amides is 2. The van der Waals surface area contributed by atoms with Gasteiger partial charge in [0, 0.05) is 12.6 Å². The number of nitrogens with one attached hydrogen (secondary N) is 1. The van der Waals surface area contributed by atoms with Crippen LogP contribution in [0.3, 0.4) is 0 Å². The minimum absolute atomic E-state index is 0.161. The standard InChI is InChI=1S/C9H19N3O/c1-6-4-7(2)8(3)12(5-6)9(13)11-10/h6-8H,4-5,10H2,1-3H3,(H,11,13). The van der Waals surface area contributed by atoms with Crippen LogP contribution in [-0.4, -0.2) is 23.5 Å². The number of carbonyl (C=O) groups excluding carboxylic acids is 1. The lowest BCUT2D eigenvalue weighted by Gasteiger charge is -2.40. The van der Waals surface area contributed by atoms with Crippen molar-refractivity contribution in [3.05, 3.63) is 0 Å². The lowest BCUT2D eigenvalue weighted by atomic mass is 9.86. The van der Waals surface area contributed by atoms with Gasteiger partial charge in [-0.3, -0.25) is 5.43 Å². The Balaban J connectivity index is 2.66. The molecule has 0 bridgehead atoms. The summed E-state index contributed by atoms with van der Waals surface area (Å²) in [6, 6.07) is 0.130. The second-order valence-corrected chi connectivity index (χ2v) is 4.16. The third-order valence-corrected chi connectivity index (χ3v) is 2.98. The first-order valence-electron chi connectivity index (χ1n) is 4.83. The molecule has 4 heteroatoms. The molecule has 1 saturated heterocycles. The molecule has 0 aromatic heterocycles. The highest BCUT2D eigenvalue weighted by atomic mass is 16.2. The first-order chi connectivity index (χ1) is 6.06. The smallest absolute Gasteiger partial charge is 0.320 e. The fourth-order valence-electron chi connectivity index (χ4n) is 2.07. The number of hydrogen-bond acceptors (Lipinski definition) is 2. The molecule has 4 nitrogen and oxygen atoms in total. The molecule has 0 spiro atoms. The van der Waals surface area contributed by atoms with Crippen molar-refractivity contribution >= 4 is 6.03 Å². The number of nitrogens with zero attached hydrogens (tertiary/aromatic N) is 1. The van der Waals surface area contributed by atoms with Crippen LogP contribution in [0.25, 0.3) is 0 Å². The van der Waals surface area contributed by atoms with E-state index in [2.05, 4.69) is 26.2 Å². The average molecular weight is 185 g/mol. The largest absolute Gasteiger partial charge is 0.331 e. The number of nitrogens with two attached hydrogens (primary N) is 1. The molecule has 0 aliphatic carbocycles. The molecule has 76 valence electrons. The van der Waals surface area contributed by atoms with Crippen LogP contribution in [0, 0.1) is 11.8 Å². The van der Waals surface area contributed by atoms with Gasteiger partial charge in [0.1, 0.15) is 0 Å². The summed E-state index contributed by atoms with van der Waals surface area (Å²) in [5, 5.41) is 0. The summed E-state index contributed by atoms with van der Waals surface area (Å²) in [5.41, 5.74) is 2.19. The molecule has 0 saturated carbocycles. The van der Waals surface area contributed by atoms with Crippen molar-refractivity contribution in [1.82, 2.24) is 10.3 Å². The molecular formula is C9H19N3O. The zero-order valence-corrected chi connectivity index (χ0v) is 8.58. The van der Waals surface area contributed by atoms with Crippen molar-refractivity contribution in [1.29, 1.82) is 0 Å². The number of piperidine rings is 1. The van der Waals surface area contributed by atoms with E-state index in [0.717, 1.165) is 6.54 Å². The maximum atomic E-state index is 11.4. The monoisotopic (exact) mass is 185 g/mol. The Morgan fingerprint density at radius 2 is 2.08 bits per heavy atom. The van der Waals surface area contributed by atoms with Crippen molar-refractivity contribution < 1.29 is 4.79 Å². The van der Waals surface area contributed by atoms with Gasteiger partial charge in [-0.2, -0.15) is 0 Å². The number of rotatable bonds is 0. The highest BCUT2D eigenvalue weighted by Gasteiger charge is 2.31. The van der Waals surface area contributed by atoms with Crippen LogP contribution in [0.2, 0.25) is 0 Å². The van der Waals surface area contributed by atoms with Crippen molar-refractivity contribution in [3.63, 3.8) is 0 Å². The average Bonchev–Trinajstić information content (AvgIpc) is 2.10. The van der Waals surface area contributed by atoms with Crippen molar-refractivity contribution in [2.24, 2.45) is 17.7 Å². The fourth-order valence-corrected chi connectivity index (χ4v) is 2.07. The summed E-state index contributed by atoms with van der Waals surface area (Å²) in [7, 11) is 0. The Kier molecular flexibility index (Phi) is 3.14. The SMILES string of the molecule is CC1CC(C)C(C)N(C(=O)NN)C1. The maximum Gasteiger partial charge on any atom is 0.331 e. The van der Waals surface area contributed by atoms with E-state index in [9.17, 15) is 4.79 Å². The van der Waals surface area contributed by atoms with Crippen molar-refractivity contribution in [3.8, 4) is 0 Å². The van der Waals surface area contributed by atoms with Gasteiger partial charge in [0.05, 0.1) is 0 Å². The third kappa shape index (κ3) is 2.12. The maximum absolute atomic E-state index is 11.4. The van der Waals surface area contributed by atoms with E-state index in [4.69, 9.17) is 5.84 Å². The molecule has 3 atom stereocenters. The van der Waals surface area contributed by atoms with E-state index >= 15 is 0 Å². The second-order valence-electron chi connectivity index (χ2n) is 4.16. The lowest BCUT2D eigenvalue weighted by molar-refractivity contribution is 0.102. The van der Waals surface area contributed by atoms with Crippen molar-refractivity contribution in [2.75, 3.05) is 6.54 Å². The number of hydrogen-bond donors (Lipinski definition) is 2. The van der Waals surface area contributed by atoms with Gasteiger partial charge in [0.25, 0.3) is 0 Å². The molecule has 0 radical (unpaired) electrons. The number of likely N-dealkylation sites (tertiary alicyclic amines) is 1. The predicted molar refractivity (Wildman–Crippen MR) is 51.8 cm³/mol. The Hall–Kier alpha value is -0.770. The quantitative estimate of drug-likeness (QED) is 0.335. The van der Waals surface area contributed by atoms with Gasteiger partial charge in [-0.25, -0.2) is 10.6 Å². The molecule has 3 N–H and O–H groups in total. The molecule has 1 aliphatic heterocycles. The number of urea groups is 1. The highest BCUT2D eigenvalue weighted by molar-refractivity contribution is 5.73. The third-order valence-electron chi connectivity index (χ3n) is 2.98. The van der Waals surface area contributed by atoms with Gasteiger partial charge in [-0.05, 0) is 25.2 Å². The van der Waals surface area contributed by atoms with Gasteiger partial charge in [-0.1, -0.05) is 13.8 Å². The molecule has 1 heterocycles. The van der Waals surface area contributed by atoms with Crippen LogP contribution in [0.5, 0.6) is 0 Å². The van der Waals surface area contributed by atoms with Crippen LogP contribution in [0.15, 0.2) is 0 Å². The number of carbonyl (C=O) groups is 1. The summed E-state index contributed by atoms with van der Waals surface area (Å²) < 4.78 is 0. The van der Waals surface area contributed by atoms with Gasteiger partial charge < -0.3 is 4.90 Å². The molecular weight excluding hydrogens is 166 g/mol. The van der Waals surface area contributed by atoms with Gasteiger partial charge in [0.15, 0.2) is 0 Å². The van der Waals surface area contributed by atoms with Crippen LogP contribution in [-0.2, 0) is 0 Å². The van der Waals surface area contributed by atoms with E-state index in [1.165, 1.54) is 6.42 Å². The molecule has 0 aromatic rings. The minimum Gasteiger partial charge on any atom is -0.320 e. The Morgan fingerprint density at radius 3 is 2.62 bits per heavy atom. The first-order valence-corrected chi connectivity index (χ1v) is 4.83. The molecule has 13 heavy (non-hydrogen) atoms. The summed E-state index contributed by atoms with van der Waals surface area (Å²) in [4.78, 5) is 13.2. The summed E-state index contributed by atoms with van der Waals surface area (Å²) in [6.07, 6.45) is 1.19. The highest BCUT2D eigenvalue weighted by Crippen LogP contribution is 2.26. The van der Waals surface area contributed by atoms with E-state index < -0.39 is 0 Å². The molecule has 2 amide bonds. The Morgan fingerprint density at radius 1 is 1.46 bits per heavy atom. The molecule has 1 rings (SSSR count). The minimum atomic E-state index is -0.161. The van der Waals surface area contributed by atoms with E-state index in [1.54, 1.807) is 0 Å². The first kappa shape index (κ1) is 10.3. The van der Waals surface area contributed by atoms with Gasteiger partial charge in [0.2, 0.25) is 0 Å². The Bertz CT molecular complexity index is 195. The van der Waals surface area contributed by atoms with Crippen LogP contribution < -0.4 is 11.3 Å². The number of hydrazine groups is 1. The topological polar surface area (TPSA) is 58.4 Å². The summed E-state index contributed by atoms with van der Waals surface area (Å²) >= 11 is 0. The molecule has 0 aromatic carbocycles. The second kappa shape index (κ2) is 3.96. The molecule has 1 fully saturated rings. The van der Waals surface area contributed by atoms with Crippen LogP contribution in [0.1, 0.15) is 27.2 Å². The molecule has 3 unspecified atom stereocenters. The fraction of sp³-hybridized carbons (Fsp3) is 0.889. The lowest BCUT2D eigenvalue weighted by Crippen LogP contribution is -2.54. The van der Waals surface area contributed by atoms with E-state index in [0.29, 0.717) is 17.9 Å². The van der Waals surface area contributed by atoms with E-state index in [-0.39, 0.29) is 6.03 Å². The zero-order chi connectivity index (χ0) is 10.0.